The topological polar surface area (TPSA) is 409 Å². The molecule has 0 saturated carbocycles. The Morgan fingerprint density at radius 1 is 0.434 bits per heavy atom. The average molecular weight is 1120 g/mol. The van der Waals surface area contributed by atoms with Crippen molar-refractivity contribution in [2.75, 3.05) is 17.2 Å². The number of nitrogens with zero attached hydrogens (tertiary/aromatic N) is 8. The molecule has 0 aliphatic rings. The Labute approximate surface area is 436 Å². The Balaban J connectivity index is 0.00000107. The predicted molar refractivity (Wildman–Crippen MR) is 283 cm³/mol. The maximum absolute atomic E-state index is 12.3. The Morgan fingerprint density at radius 2 is 0.868 bits per heavy atom. The fourth-order valence-corrected chi connectivity index (χ4v) is 9.48. The van der Waals surface area contributed by atoms with Crippen LogP contribution >= 0.6 is 0 Å². The van der Waals surface area contributed by atoms with Crippen LogP contribution in [-0.4, -0.2) is 67.8 Å². The number of nitrogen functional groups attached to an aromatic ring is 2. The quantitative estimate of drug-likeness (QED) is 0.0205. The van der Waals surface area contributed by atoms with Crippen molar-refractivity contribution in [1.82, 2.24) is 0 Å². The fraction of sp³-hybridized carbons (Fsp3) is 0.167. The number of aromatic hydroxyl groups is 2. The molecule has 7 aromatic carbocycles. The molecule has 7 rings (SSSR count). The number of hydrogen-bond acceptors (Lipinski definition) is 20. The number of azo groups is 4. The van der Waals surface area contributed by atoms with E-state index in [9.17, 15) is 57.0 Å². The third-order valence-corrected chi connectivity index (χ3v) is 14.5. The van der Waals surface area contributed by atoms with Crippen LogP contribution < -0.4 is 11.5 Å². The van der Waals surface area contributed by atoms with E-state index >= 15 is 0 Å². The fourth-order valence-electron chi connectivity index (χ4n) is 7.08. The molecule has 0 aromatic heterocycles. The number of phenols is 2. The molecule has 0 unspecified atom stereocenters. The van der Waals surface area contributed by atoms with Gasteiger partial charge in [-0.05, 0) is 189 Å². The van der Waals surface area contributed by atoms with E-state index in [1.807, 2.05) is 0 Å². The maximum Gasteiger partial charge on any atom is 0.296 e. The van der Waals surface area contributed by atoms with E-state index in [-0.39, 0.29) is 35.1 Å². The Kier molecular flexibility index (Phi) is 17.3. The molecule has 24 nitrogen and oxygen atoms in total. The van der Waals surface area contributed by atoms with Gasteiger partial charge in [0.25, 0.3) is 40.5 Å². The van der Waals surface area contributed by atoms with Crippen LogP contribution in [0.2, 0.25) is 0 Å². The SMILES string of the molecule is Cc1cc(N=Nc2cc(C)c(N=Nc3ccc(S(=O)(=O)O)cc3S(=O)(=O)O)cc2CCCS(=O)(=O)O)c(C)cc1N=Nc1cc(C)c(N=Nc2c(S(=O)(=O)O)cc3cc(N)ccc3c2O)cc1C.Nc1ccc(O)cc1. The van der Waals surface area contributed by atoms with Crippen molar-refractivity contribution in [2.24, 2.45) is 40.9 Å². The molecular formula is C48H48N10O14S4. The average Bonchev–Trinajstić information content (AvgIpc) is 3.32. The van der Waals surface area contributed by atoms with Gasteiger partial charge in [-0.3, -0.25) is 18.2 Å². The summed E-state index contributed by atoms with van der Waals surface area (Å²) >= 11 is 0. The lowest BCUT2D eigenvalue weighted by atomic mass is 10.0. The molecule has 0 spiro atoms. The van der Waals surface area contributed by atoms with Crippen LogP contribution in [0.15, 0.2) is 159 Å². The van der Waals surface area contributed by atoms with Crippen LogP contribution in [-0.2, 0) is 46.9 Å². The summed E-state index contributed by atoms with van der Waals surface area (Å²) in [5, 5.41) is 54.1. The summed E-state index contributed by atoms with van der Waals surface area (Å²) in [4.78, 5) is -2.41. The van der Waals surface area contributed by atoms with E-state index in [2.05, 4.69) is 40.9 Å². The van der Waals surface area contributed by atoms with Gasteiger partial charge < -0.3 is 21.7 Å². The molecule has 0 atom stereocenters. The minimum Gasteiger partial charge on any atom is -0.508 e. The molecule has 28 heteroatoms. The minimum absolute atomic E-state index is 0.0427. The van der Waals surface area contributed by atoms with E-state index in [0.29, 0.717) is 79.3 Å². The predicted octanol–water partition coefficient (Wildman–Crippen LogP) is 11.9. The summed E-state index contributed by atoms with van der Waals surface area (Å²) in [5.74, 6) is -0.848. The first kappa shape index (κ1) is 57.3. The van der Waals surface area contributed by atoms with E-state index in [1.54, 1.807) is 89.2 Å². The normalized spacial score (nSPS) is 12.6. The van der Waals surface area contributed by atoms with Crippen LogP contribution in [0.5, 0.6) is 11.5 Å². The van der Waals surface area contributed by atoms with Gasteiger partial charge in [0, 0.05) is 16.8 Å². The molecule has 0 bridgehead atoms. The number of aryl methyl sites for hydroxylation is 6. The zero-order valence-corrected chi connectivity index (χ0v) is 44.0. The van der Waals surface area contributed by atoms with Crippen molar-refractivity contribution in [3.63, 3.8) is 0 Å². The lowest BCUT2D eigenvalue weighted by Crippen LogP contribution is -2.05. The zero-order valence-electron chi connectivity index (χ0n) is 40.8. The molecule has 0 fully saturated rings. The van der Waals surface area contributed by atoms with Gasteiger partial charge in [0.05, 0.1) is 44.8 Å². The summed E-state index contributed by atoms with van der Waals surface area (Å²) in [6.45, 7) is 8.63. The third kappa shape index (κ3) is 14.9. The highest BCUT2D eigenvalue weighted by Crippen LogP contribution is 2.43. The van der Waals surface area contributed by atoms with Crippen LogP contribution in [0.3, 0.4) is 0 Å². The second kappa shape index (κ2) is 22.9. The second-order valence-electron chi connectivity index (χ2n) is 17.0. The van der Waals surface area contributed by atoms with Gasteiger partial charge in [-0.25, -0.2) is 0 Å². The highest BCUT2D eigenvalue weighted by Gasteiger charge is 2.23. The molecule has 0 radical (unpaired) electrons. The first-order valence-corrected chi connectivity index (χ1v) is 27.9. The van der Waals surface area contributed by atoms with E-state index in [4.69, 9.17) is 16.6 Å². The number of nitrogens with two attached hydrogens (primary N) is 2. The number of benzene rings is 7. The van der Waals surface area contributed by atoms with Gasteiger partial charge in [-0.15, -0.1) is 10.2 Å². The molecule has 398 valence electrons. The number of phenolic OH excluding ortho intramolecular Hbond substituents is 2. The van der Waals surface area contributed by atoms with E-state index < -0.39 is 78.0 Å². The Bertz CT molecular complexity index is 4000. The number of fused-ring (bicyclic) bond motifs is 1. The van der Waals surface area contributed by atoms with Gasteiger partial charge in [-0.1, -0.05) is 0 Å². The molecule has 76 heavy (non-hydrogen) atoms. The van der Waals surface area contributed by atoms with Crippen LogP contribution in [0.4, 0.5) is 56.9 Å². The van der Waals surface area contributed by atoms with Crippen molar-refractivity contribution in [3.8, 4) is 11.5 Å². The van der Waals surface area contributed by atoms with Crippen molar-refractivity contribution < 1.29 is 62.1 Å². The van der Waals surface area contributed by atoms with Gasteiger partial charge >= 0.3 is 0 Å². The van der Waals surface area contributed by atoms with Gasteiger partial charge in [0.2, 0.25) is 0 Å². The van der Waals surface area contributed by atoms with Gasteiger partial charge in [-0.2, -0.15) is 64.4 Å². The summed E-state index contributed by atoms with van der Waals surface area (Å²) in [5.41, 5.74) is 16.7. The number of hydrogen-bond donors (Lipinski definition) is 8. The van der Waals surface area contributed by atoms with Crippen molar-refractivity contribution in [1.29, 1.82) is 0 Å². The first-order chi connectivity index (χ1) is 35.4. The van der Waals surface area contributed by atoms with E-state index in [0.717, 1.165) is 18.2 Å². The molecule has 10 N–H and O–H groups in total. The monoisotopic (exact) mass is 1120 g/mol. The molecule has 0 amide bonds. The molecule has 0 aliphatic heterocycles. The minimum atomic E-state index is -5.04. The molecule has 0 saturated heterocycles. The number of rotatable bonds is 15. The molecule has 0 aliphatic carbocycles. The van der Waals surface area contributed by atoms with E-state index in [1.165, 1.54) is 24.3 Å². The van der Waals surface area contributed by atoms with Crippen molar-refractivity contribution in [2.45, 2.75) is 62.1 Å². The first-order valence-electron chi connectivity index (χ1n) is 22.0. The van der Waals surface area contributed by atoms with Crippen molar-refractivity contribution >= 4 is 108 Å². The Hall–Kier alpha value is -7.96. The highest BCUT2D eigenvalue weighted by molar-refractivity contribution is 7.87. The summed E-state index contributed by atoms with van der Waals surface area (Å²) in [6.07, 6.45) is 0.00852. The Morgan fingerprint density at radius 3 is 1.33 bits per heavy atom. The molecule has 0 heterocycles. The lowest BCUT2D eigenvalue weighted by molar-refractivity contribution is 0.472. The maximum atomic E-state index is 12.3. The number of anilines is 2. The lowest BCUT2D eigenvalue weighted by Gasteiger charge is -2.10. The third-order valence-electron chi connectivity index (χ3n) is 11.1. The zero-order chi connectivity index (χ0) is 56.1. The van der Waals surface area contributed by atoms with Crippen LogP contribution in [0.25, 0.3) is 10.8 Å². The van der Waals surface area contributed by atoms with Crippen molar-refractivity contribution in [3.05, 3.63) is 137 Å². The molecule has 7 aromatic rings. The van der Waals surface area contributed by atoms with Crippen LogP contribution in [0, 0.1) is 34.6 Å². The standard InChI is InChI=1S/C42H41N9O13S4.C6H7NO/c1-22-14-35(47-50-38-17-26(5)37(19-27(38)7-6-12-65(53,54)55)48-44-32-11-9-30(66(56,57)58)21-39(32)67(59,60)61)23(2)13-33(22)45-46-34-15-25(4)36(16-24(34)3)49-51-41-40(68(62,63)64)20-28-18-29(43)8-10-31(28)42(41)52;7-5-1-3-6(8)4-2-5/h8-11,13-21,52H,6-7,12,43H2,1-5H3,(H,53,54,55)(H,56,57,58)(H,59,60,61)(H,62,63,64);1-4,8H,7H2. The highest BCUT2D eigenvalue weighted by atomic mass is 32.2. The van der Waals surface area contributed by atoms with Gasteiger partial charge in [0.15, 0.2) is 5.75 Å². The van der Waals surface area contributed by atoms with Gasteiger partial charge in [0.1, 0.15) is 26.9 Å². The second-order valence-corrected chi connectivity index (χ2v) is 22.8. The summed E-state index contributed by atoms with van der Waals surface area (Å²) in [7, 11) is -19.0. The summed E-state index contributed by atoms with van der Waals surface area (Å²) in [6, 6.07) is 24.1. The smallest absolute Gasteiger partial charge is 0.296 e. The molecular weight excluding hydrogens is 1070 g/mol. The van der Waals surface area contributed by atoms with Crippen LogP contribution in [0.1, 0.15) is 39.8 Å². The summed E-state index contributed by atoms with van der Waals surface area (Å²) < 4.78 is 133. The largest absolute Gasteiger partial charge is 0.508 e.